The monoisotopic (exact) mass is 209 g/mol. The topological polar surface area (TPSA) is 46.9 Å². The number of amides is 1. The first-order valence-corrected chi connectivity index (χ1v) is 5.62. The molecule has 0 spiro atoms. The van der Waals surface area contributed by atoms with Crippen LogP contribution in [-0.2, 0) is 24.2 Å². The molecule has 84 valence electrons. The number of rotatable bonds is 1. The predicted molar refractivity (Wildman–Crippen MR) is 59.7 cm³/mol. The third kappa shape index (κ3) is 2.81. The molecule has 0 saturated carbocycles. The van der Waals surface area contributed by atoms with Crippen LogP contribution >= 0.6 is 0 Å². The number of fused-ring (bicyclic) bond motifs is 1. The van der Waals surface area contributed by atoms with Gasteiger partial charge in [0.15, 0.2) is 0 Å². The second-order valence-electron chi connectivity index (χ2n) is 3.24. The summed E-state index contributed by atoms with van der Waals surface area (Å²) in [5.41, 5.74) is 2.24. The number of nitrogens with zero attached hydrogens (tertiary/aromatic N) is 2. The van der Waals surface area contributed by atoms with Gasteiger partial charge in [0.05, 0.1) is 5.69 Å². The molecule has 1 aromatic rings. The van der Waals surface area contributed by atoms with Crippen molar-refractivity contribution in [3.05, 3.63) is 17.5 Å². The molecule has 1 N–H and O–H groups in total. The number of hydrogen-bond donors (Lipinski definition) is 1. The highest BCUT2D eigenvalue weighted by Gasteiger charge is 2.13. The van der Waals surface area contributed by atoms with Crippen LogP contribution in [0.3, 0.4) is 0 Å². The van der Waals surface area contributed by atoms with Gasteiger partial charge in [0.2, 0.25) is 5.91 Å². The Labute approximate surface area is 90.7 Å². The number of carbonyl (C=O) groups is 1. The van der Waals surface area contributed by atoms with Gasteiger partial charge in [0, 0.05) is 18.7 Å². The smallest absolute Gasteiger partial charge is 0.241 e. The molecule has 1 amide bonds. The Bertz CT molecular complexity index is 331. The van der Waals surface area contributed by atoms with Crippen LogP contribution in [0.25, 0.3) is 0 Å². The summed E-state index contributed by atoms with van der Waals surface area (Å²) in [7, 11) is 0. The maximum absolute atomic E-state index is 11.2. The average Bonchev–Trinajstić information content (AvgIpc) is 2.56. The molecule has 0 aromatic carbocycles. The molecule has 0 saturated heterocycles. The lowest BCUT2D eigenvalue weighted by molar-refractivity contribution is -0.121. The number of carbonyl (C=O) groups excluding carboxylic acids is 1. The van der Waals surface area contributed by atoms with Crippen molar-refractivity contribution in [1.29, 1.82) is 0 Å². The Morgan fingerprint density at radius 3 is 2.93 bits per heavy atom. The van der Waals surface area contributed by atoms with Gasteiger partial charge in [0.25, 0.3) is 0 Å². The van der Waals surface area contributed by atoms with Gasteiger partial charge in [-0.1, -0.05) is 20.8 Å². The highest BCUT2D eigenvalue weighted by atomic mass is 16.2. The summed E-state index contributed by atoms with van der Waals surface area (Å²) in [6, 6.07) is 2.08. The van der Waals surface area contributed by atoms with Crippen molar-refractivity contribution in [2.75, 3.05) is 6.54 Å². The van der Waals surface area contributed by atoms with Crippen molar-refractivity contribution in [2.24, 2.45) is 0 Å². The van der Waals surface area contributed by atoms with Crippen LogP contribution in [-0.4, -0.2) is 22.2 Å². The predicted octanol–water partition coefficient (Wildman–Crippen LogP) is 1.14. The SMILES string of the molecule is CC.CCc1cc2n(n1)CC(=O)NCC2. The molecule has 15 heavy (non-hydrogen) atoms. The Morgan fingerprint density at radius 2 is 2.27 bits per heavy atom. The third-order valence-corrected chi connectivity index (χ3v) is 2.27. The van der Waals surface area contributed by atoms with Crippen molar-refractivity contribution in [3.63, 3.8) is 0 Å². The molecule has 1 aliphatic rings. The molecule has 1 aliphatic heterocycles. The van der Waals surface area contributed by atoms with E-state index in [1.165, 1.54) is 0 Å². The Morgan fingerprint density at radius 1 is 1.53 bits per heavy atom. The van der Waals surface area contributed by atoms with Crippen LogP contribution in [0, 0.1) is 0 Å². The zero-order valence-electron chi connectivity index (χ0n) is 9.71. The van der Waals surface area contributed by atoms with E-state index in [1.54, 1.807) is 4.68 Å². The molecule has 0 atom stereocenters. The summed E-state index contributed by atoms with van der Waals surface area (Å²) < 4.78 is 1.81. The lowest BCUT2D eigenvalue weighted by Gasteiger charge is -1.98. The van der Waals surface area contributed by atoms with Crippen molar-refractivity contribution in [2.45, 2.75) is 40.2 Å². The van der Waals surface area contributed by atoms with Gasteiger partial charge < -0.3 is 5.32 Å². The minimum Gasteiger partial charge on any atom is -0.354 e. The first kappa shape index (κ1) is 11.8. The van der Waals surface area contributed by atoms with Crippen LogP contribution in [0.15, 0.2) is 6.07 Å². The highest BCUT2D eigenvalue weighted by molar-refractivity contribution is 5.76. The first-order chi connectivity index (χ1) is 7.29. The number of nitrogens with one attached hydrogen (secondary N) is 1. The van der Waals surface area contributed by atoms with Crippen LogP contribution < -0.4 is 5.32 Å². The van der Waals surface area contributed by atoms with Gasteiger partial charge in [-0.3, -0.25) is 9.48 Å². The second kappa shape index (κ2) is 5.53. The van der Waals surface area contributed by atoms with Crippen molar-refractivity contribution in [3.8, 4) is 0 Å². The molecule has 4 heteroatoms. The van der Waals surface area contributed by atoms with Gasteiger partial charge >= 0.3 is 0 Å². The molecule has 0 radical (unpaired) electrons. The van der Waals surface area contributed by atoms with E-state index in [0.29, 0.717) is 6.54 Å². The lowest BCUT2D eigenvalue weighted by atomic mass is 10.2. The Hall–Kier alpha value is -1.32. The van der Waals surface area contributed by atoms with Crippen LogP contribution in [0.4, 0.5) is 0 Å². The van der Waals surface area contributed by atoms with Crippen LogP contribution in [0.2, 0.25) is 0 Å². The van der Waals surface area contributed by atoms with Gasteiger partial charge in [0.1, 0.15) is 6.54 Å². The quantitative estimate of drug-likeness (QED) is 0.754. The minimum absolute atomic E-state index is 0.0597. The van der Waals surface area contributed by atoms with E-state index >= 15 is 0 Å². The van der Waals surface area contributed by atoms with E-state index in [-0.39, 0.29) is 5.91 Å². The maximum atomic E-state index is 11.2. The van der Waals surface area contributed by atoms with Gasteiger partial charge in [-0.15, -0.1) is 0 Å². The number of aryl methyl sites for hydroxylation is 1. The molecular weight excluding hydrogens is 190 g/mol. The summed E-state index contributed by atoms with van der Waals surface area (Å²) in [5, 5.41) is 7.15. The Kier molecular flexibility index (Phi) is 4.34. The zero-order chi connectivity index (χ0) is 11.3. The summed E-state index contributed by atoms with van der Waals surface area (Å²) in [6.45, 7) is 7.17. The maximum Gasteiger partial charge on any atom is 0.241 e. The largest absolute Gasteiger partial charge is 0.354 e. The van der Waals surface area contributed by atoms with Crippen molar-refractivity contribution in [1.82, 2.24) is 15.1 Å². The normalized spacial score (nSPS) is 14.5. The summed E-state index contributed by atoms with van der Waals surface area (Å²) >= 11 is 0. The Balaban J connectivity index is 0.000000531. The van der Waals surface area contributed by atoms with E-state index in [4.69, 9.17) is 0 Å². The first-order valence-electron chi connectivity index (χ1n) is 5.62. The fraction of sp³-hybridized carbons (Fsp3) is 0.636. The number of aromatic nitrogens is 2. The molecule has 0 aliphatic carbocycles. The highest BCUT2D eigenvalue weighted by Crippen LogP contribution is 2.07. The summed E-state index contributed by atoms with van der Waals surface area (Å²) in [6.07, 6.45) is 1.82. The third-order valence-electron chi connectivity index (χ3n) is 2.27. The van der Waals surface area contributed by atoms with Gasteiger partial charge in [-0.05, 0) is 12.5 Å². The molecule has 1 aromatic heterocycles. The van der Waals surface area contributed by atoms with Crippen LogP contribution in [0.5, 0.6) is 0 Å². The molecule has 0 fully saturated rings. The van der Waals surface area contributed by atoms with E-state index in [0.717, 1.165) is 30.8 Å². The van der Waals surface area contributed by atoms with E-state index < -0.39 is 0 Å². The second-order valence-corrected chi connectivity index (χ2v) is 3.24. The zero-order valence-corrected chi connectivity index (χ0v) is 9.71. The summed E-state index contributed by atoms with van der Waals surface area (Å²) in [5.74, 6) is 0.0597. The minimum atomic E-state index is 0.0597. The van der Waals surface area contributed by atoms with Gasteiger partial charge in [-0.25, -0.2) is 0 Å². The van der Waals surface area contributed by atoms with Crippen molar-refractivity contribution >= 4 is 5.91 Å². The average molecular weight is 209 g/mol. The van der Waals surface area contributed by atoms with E-state index in [1.807, 2.05) is 13.8 Å². The fourth-order valence-corrected chi connectivity index (χ4v) is 1.55. The lowest BCUT2D eigenvalue weighted by Crippen LogP contribution is -2.25. The molecule has 2 rings (SSSR count). The molecule has 0 unspecified atom stereocenters. The van der Waals surface area contributed by atoms with Crippen LogP contribution in [0.1, 0.15) is 32.2 Å². The van der Waals surface area contributed by atoms with E-state index in [2.05, 4.69) is 23.4 Å². The fourth-order valence-electron chi connectivity index (χ4n) is 1.55. The molecule has 4 nitrogen and oxygen atoms in total. The summed E-state index contributed by atoms with van der Waals surface area (Å²) in [4.78, 5) is 11.2. The molecule has 0 bridgehead atoms. The van der Waals surface area contributed by atoms with Crippen molar-refractivity contribution < 1.29 is 4.79 Å². The molecular formula is C11H19N3O. The standard InChI is InChI=1S/C9H13N3O.C2H6/c1-2-7-5-8-3-4-10-9(13)6-12(8)11-7;1-2/h5H,2-4,6H2,1H3,(H,10,13);1-2H3. The van der Waals surface area contributed by atoms with Gasteiger partial charge in [-0.2, -0.15) is 5.10 Å². The molecule has 2 heterocycles. The number of hydrogen-bond acceptors (Lipinski definition) is 2. The van der Waals surface area contributed by atoms with E-state index in [9.17, 15) is 4.79 Å².